The Morgan fingerprint density at radius 1 is 1.26 bits per heavy atom. The predicted octanol–water partition coefficient (Wildman–Crippen LogP) is 2.29. The molecule has 11 heteroatoms. The molecule has 0 fully saturated rings. The summed E-state index contributed by atoms with van der Waals surface area (Å²) in [6.07, 6.45) is 1.51. The van der Waals surface area contributed by atoms with Gasteiger partial charge in [0.2, 0.25) is 5.82 Å². The zero-order valence-corrected chi connectivity index (χ0v) is 16.1. The molecule has 0 saturated heterocycles. The van der Waals surface area contributed by atoms with Gasteiger partial charge in [0.15, 0.2) is 17.4 Å². The van der Waals surface area contributed by atoms with E-state index in [2.05, 4.69) is 36.4 Å². The van der Waals surface area contributed by atoms with Gasteiger partial charge in [0.25, 0.3) is 0 Å². The largest absolute Gasteiger partial charge is 0.489 e. The van der Waals surface area contributed by atoms with E-state index >= 15 is 0 Å². The van der Waals surface area contributed by atoms with E-state index in [9.17, 15) is 8.78 Å². The van der Waals surface area contributed by atoms with E-state index in [0.717, 1.165) is 4.68 Å². The molecule has 0 amide bonds. The molecule has 0 bridgehead atoms. The zero-order valence-electron chi connectivity index (χ0n) is 14.5. The highest BCUT2D eigenvalue weighted by Crippen LogP contribution is 2.30. The quantitative estimate of drug-likeness (QED) is 0.629. The molecule has 2 aromatic heterocycles. The first-order chi connectivity index (χ1) is 12.9. The van der Waals surface area contributed by atoms with Gasteiger partial charge in [0.05, 0.1) is 5.56 Å². The Kier molecular flexibility index (Phi) is 5.61. The fraction of sp³-hybridized carbons (Fsp3) is 0.250. The molecule has 142 valence electrons. The Labute approximate surface area is 162 Å². The second-order valence-electron chi connectivity index (χ2n) is 5.86. The van der Waals surface area contributed by atoms with Crippen molar-refractivity contribution in [2.24, 2.45) is 0 Å². The summed E-state index contributed by atoms with van der Waals surface area (Å²) in [6.45, 7) is 0.786. The third-order valence-corrected chi connectivity index (χ3v) is 4.08. The van der Waals surface area contributed by atoms with E-state index in [-0.39, 0.29) is 29.7 Å². The molecule has 1 aromatic carbocycles. The van der Waals surface area contributed by atoms with E-state index in [4.69, 9.17) is 10.5 Å². The maximum Gasteiger partial charge on any atom is 0.202 e. The Hall–Kier alpha value is -2.66. The van der Waals surface area contributed by atoms with Crippen LogP contribution in [-0.4, -0.2) is 57.3 Å². The number of nitrogens with two attached hydrogens (primary N) is 1. The number of benzene rings is 1. The molecule has 0 atom stereocenters. The van der Waals surface area contributed by atoms with Crippen molar-refractivity contribution < 1.29 is 13.5 Å². The minimum absolute atomic E-state index is 0.126. The number of ether oxygens (including phenoxy) is 1. The maximum atomic E-state index is 14.6. The third kappa shape index (κ3) is 4.03. The van der Waals surface area contributed by atoms with E-state index in [1.54, 1.807) is 6.07 Å². The number of nitrogens with zero attached hydrogens (tertiary/aromatic N) is 6. The van der Waals surface area contributed by atoms with Gasteiger partial charge in [0.1, 0.15) is 18.1 Å². The lowest BCUT2D eigenvalue weighted by atomic mass is 10.2. The van der Waals surface area contributed by atoms with Crippen molar-refractivity contribution in [3.8, 4) is 22.8 Å². The van der Waals surface area contributed by atoms with Crippen molar-refractivity contribution in [2.75, 3.05) is 33.0 Å². The average Bonchev–Trinajstić information content (AvgIpc) is 3.10. The summed E-state index contributed by atoms with van der Waals surface area (Å²) in [5.41, 5.74) is 6.07. The fourth-order valence-corrected chi connectivity index (χ4v) is 2.61. The van der Waals surface area contributed by atoms with Crippen LogP contribution < -0.4 is 10.5 Å². The molecule has 8 nitrogen and oxygen atoms in total. The summed E-state index contributed by atoms with van der Waals surface area (Å²) in [7, 11) is 3.70. The van der Waals surface area contributed by atoms with Gasteiger partial charge in [-0.2, -0.15) is 9.07 Å². The van der Waals surface area contributed by atoms with Crippen molar-refractivity contribution in [3.63, 3.8) is 0 Å². The van der Waals surface area contributed by atoms with Crippen LogP contribution in [0.1, 0.15) is 0 Å². The highest BCUT2D eigenvalue weighted by Gasteiger charge is 2.21. The van der Waals surface area contributed by atoms with Gasteiger partial charge in [-0.1, -0.05) is 0 Å². The predicted molar refractivity (Wildman–Crippen MR) is 98.5 cm³/mol. The molecule has 0 aliphatic heterocycles. The lowest BCUT2D eigenvalue weighted by molar-refractivity contribution is 0.249. The summed E-state index contributed by atoms with van der Waals surface area (Å²) in [5.74, 6) is -2.16. The number of hydrogen-bond donors (Lipinski definition) is 1. The van der Waals surface area contributed by atoms with Crippen LogP contribution in [-0.2, 0) is 0 Å². The molecule has 2 heterocycles. The van der Waals surface area contributed by atoms with E-state index in [0.29, 0.717) is 16.6 Å². The number of pyridine rings is 1. The number of halogens is 3. The Bertz CT molecular complexity index is 964. The molecule has 3 rings (SSSR count). The molecular weight excluding hydrogens is 424 g/mol. The minimum atomic E-state index is -1.13. The molecule has 0 saturated carbocycles. The lowest BCUT2D eigenvalue weighted by Crippen LogP contribution is -2.20. The normalized spacial score (nSPS) is 11.2. The summed E-state index contributed by atoms with van der Waals surface area (Å²) in [6, 6.07) is 4.31. The topological polar surface area (TPSA) is 95.0 Å². The molecule has 0 aliphatic rings. The number of rotatable bonds is 6. The first kappa shape index (κ1) is 19.1. The van der Waals surface area contributed by atoms with Crippen molar-refractivity contribution >= 4 is 21.7 Å². The van der Waals surface area contributed by atoms with Crippen LogP contribution in [0.3, 0.4) is 0 Å². The smallest absolute Gasteiger partial charge is 0.202 e. The molecule has 2 N–H and O–H groups in total. The van der Waals surface area contributed by atoms with Crippen LogP contribution in [0.5, 0.6) is 5.75 Å². The molecule has 0 radical (unpaired) electrons. The summed E-state index contributed by atoms with van der Waals surface area (Å²) < 4.78 is 36.1. The van der Waals surface area contributed by atoms with Crippen LogP contribution in [0.25, 0.3) is 17.1 Å². The van der Waals surface area contributed by atoms with E-state index < -0.39 is 11.6 Å². The minimum Gasteiger partial charge on any atom is -0.489 e. The number of hydrogen-bond acceptors (Lipinski definition) is 7. The highest BCUT2D eigenvalue weighted by molar-refractivity contribution is 9.10. The molecule has 0 spiro atoms. The first-order valence-corrected chi connectivity index (χ1v) is 8.63. The zero-order chi connectivity index (χ0) is 19.6. The van der Waals surface area contributed by atoms with Crippen LogP contribution in [0.4, 0.5) is 14.6 Å². The van der Waals surface area contributed by atoms with Crippen molar-refractivity contribution in [1.29, 1.82) is 0 Å². The number of anilines is 1. The van der Waals surface area contributed by atoms with Crippen molar-refractivity contribution in [3.05, 3.63) is 40.5 Å². The Morgan fingerprint density at radius 2 is 2.04 bits per heavy atom. The highest BCUT2D eigenvalue weighted by atomic mass is 79.9. The summed E-state index contributed by atoms with van der Waals surface area (Å²) >= 11 is 3.28. The number of nitrogen functional groups attached to an aromatic ring is 1. The monoisotopic (exact) mass is 439 g/mol. The lowest BCUT2D eigenvalue weighted by Gasteiger charge is -2.13. The molecule has 27 heavy (non-hydrogen) atoms. The molecule has 3 aromatic rings. The molecule has 0 unspecified atom stereocenters. The van der Waals surface area contributed by atoms with Crippen LogP contribution in [0.2, 0.25) is 0 Å². The van der Waals surface area contributed by atoms with Gasteiger partial charge in [-0.05, 0) is 58.7 Å². The fourth-order valence-electron chi connectivity index (χ4n) is 2.28. The van der Waals surface area contributed by atoms with Gasteiger partial charge < -0.3 is 15.4 Å². The van der Waals surface area contributed by atoms with Crippen LogP contribution >= 0.6 is 15.9 Å². The van der Waals surface area contributed by atoms with Gasteiger partial charge in [-0.15, -0.1) is 5.10 Å². The molecular formula is C16H16BrF2N7O. The third-order valence-electron chi connectivity index (χ3n) is 3.65. The van der Waals surface area contributed by atoms with Gasteiger partial charge in [-0.25, -0.2) is 9.37 Å². The Balaban J connectivity index is 1.98. The SMILES string of the molecule is CN(C)CCOc1ccc(-n2nnnc2-c2cc(Br)cnc2N)c(F)c1F. The van der Waals surface area contributed by atoms with Crippen LogP contribution in [0, 0.1) is 11.6 Å². The Morgan fingerprint density at radius 3 is 2.78 bits per heavy atom. The van der Waals surface area contributed by atoms with Gasteiger partial charge >= 0.3 is 0 Å². The van der Waals surface area contributed by atoms with E-state index in [1.807, 2.05) is 19.0 Å². The molecule has 0 aliphatic carbocycles. The number of tetrazole rings is 1. The summed E-state index contributed by atoms with van der Waals surface area (Å²) in [4.78, 5) is 5.87. The van der Waals surface area contributed by atoms with Crippen molar-refractivity contribution in [1.82, 2.24) is 30.1 Å². The summed E-state index contributed by atoms with van der Waals surface area (Å²) in [5, 5.41) is 11.2. The average molecular weight is 440 g/mol. The van der Waals surface area contributed by atoms with E-state index in [1.165, 1.54) is 18.3 Å². The second-order valence-corrected chi connectivity index (χ2v) is 6.78. The standard InChI is InChI=1S/C16H16BrF2N7O/c1-25(2)5-6-27-12-4-3-11(13(18)14(12)19)26-16(22-23-24-26)10-7-9(17)8-21-15(10)20/h3-4,7-8H,5-6H2,1-2H3,(H2,20,21). The van der Waals surface area contributed by atoms with Crippen molar-refractivity contribution in [2.45, 2.75) is 0 Å². The number of likely N-dealkylation sites (N-methyl/N-ethyl adjacent to an activating group) is 1. The maximum absolute atomic E-state index is 14.6. The second kappa shape index (κ2) is 7.92. The van der Waals surface area contributed by atoms with Crippen LogP contribution in [0.15, 0.2) is 28.9 Å². The van der Waals surface area contributed by atoms with Gasteiger partial charge in [-0.3, -0.25) is 0 Å². The first-order valence-electron chi connectivity index (χ1n) is 7.84. The number of aromatic nitrogens is 5. The van der Waals surface area contributed by atoms with Gasteiger partial charge in [0, 0.05) is 17.2 Å².